The molecule has 100 valence electrons. The Balaban J connectivity index is 2.18. The van der Waals surface area contributed by atoms with Crippen molar-refractivity contribution in [1.82, 2.24) is 4.98 Å². The summed E-state index contributed by atoms with van der Waals surface area (Å²) in [6.07, 6.45) is 2.22. The molecule has 0 atom stereocenters. The highest BCUT2D eigenvalue weighted by Gasteiger charge is 2.02. The van der Waals surface area contributed by atoms with Gasteiger partial charge in [-0.1, -0.05) is 37.6 Å². The minimum absolute atomic E-state index is 0.877. The van der Waals surface area contributed by atoms with Crippen LogP contribution < -0.4 is 10.6 Å². The lowest BCUT2D eigenvalue weighted by atomic mass is 10.1. The highest BCUT2D eigenvalue weighted by molar-refractivity contribution is 5.61. The monoisotopic (exact) mass is 255 g/mol. The van der Waals surface area contributed by atoms with E-state index in [4.69, 9.17) is 0 Å². The third-order valence-electron chi connectivity index (χ3n) is 2.91. The summed E-state index contributed by atoms with van der Waals surface area (Å²) < 4.78 is 0. The van der Waals surface area contributed by atoms with Crippen molar-refractivity contribution in [3.8, 4) is 0 Å². The first-order valence-electron chi connectivity index (χ1n) is 6.89. The van der Waals surface area contributed by atoms with Gasteiger partial charge in [0.05, 0.1) is 0 Å². The van der Waals surface area contributed by atoms with Gasteiger partial charge < -0.3 is 10.6 Å². The number of pyridine rings is 1. The predicted octanol–water partition coefficient (Wildman–Crippen LogP) is 4.21. The average molecular weight is 255 g/mol. The molecule has 0 fully saturated rings. The maximum Gasteiger partial charge on any atom is 0.132 e. The molecule has 0 aliphatic heterocycles. The Morgan fingerprint density at radius 3 is 2.53 bits per heavy atom. The molecule has 0 bridgehead atoms. The molecule has 19 heavy (non-hydrogen) atoms. The number of nitrogens with zero attached hydrogens (tertiary/aromatic N) is 1. The quantitative estimate of drug-likeness (QED) is 0.812. The fourth-order valence-corrected chi connectivity index (χ4v) is 2.05. The fraction of sp³-hybridized carbons (Fsp3) is 0.312. The van der Waals surface area contributed by atoms with Crippen LogP contribution in [0.4, 0.5) is 17.3 Å². The van der Waals surface area contributed by atoms with Gasteiger partial charge >= 0.3 is 0 Å². The van der Waals surface area contributed by atoms with Crippen LogP contribution in [0, 0.1) is 0 Å². The maximum atomic E-state index is 4.54. The van der Waals surface area contributed by atoms with Gasteiger partial charge in [-0.15, -0.1) is 0 Å². The van der Waals surface area contributed by atoms with Crippen molar-refractivity contribution in [2.24, 2.45) is 0 Å². The zero-order chi connectivity index (χ0) is 13.5. The van der Waals surface area contributed by atoms with E-state index in [2.05, 4.69) is 53.7 Å². The number of para-hydroxylation sites is 1. The Labute approximate surface area is 115 Å². The smallest absolute Gasteiger partial charge is 0.132 e. The summed E-state index contributed by atoms with van der Waals surface area (Å²) in [6, 6.07) is 14.4. The summed E-state index contributed by atoms with van der Waals surface area (Å²) in [5.74, 6) is 1.78. The molecule has 1 aromatic heterocycles. The first kappa shape index (κ1) is 13.4. The number of nitrogens with one attached hydrogen (secondary N) is 2. The molecule has 2 N–H and O–H groups in total. The molecule has 0 radical (unpaired) electrons. The zero-order valence-corrected chi connectivity index (χ0v) is 11.6. The molecule has 0 unspecified atom stereocenters. The number of anilines is 3. The van der Waals surface area contributed by atoms with Crippen LogP contribution in [0.5, 0.6) is 0 Å². The summed E-state index contributed by atoms with van der Waals surface area (Å²) in [5.41, 5.74) is 2.48. The lowest BCUT2D eigenvalue weighted by Crippen LogP contribution is -2.02. The summed E-state index contributed by atoms with van der Waals surface area (Å²) in [7, 11) is 0. The lowest BCUT2D eigenvalue weighted by Gasteiger charge is -2.12. The van der Waals surface area contributed by atoms with Crippen LogP contribution in [0.25, 0.3) is 0 Å². The highest BCUT2D eigenvalue weighted by Crippen LogP contribution is 2.21. The molecule has 2 rings (SSSR count). The molecule has 0 aliphatic carbocycles. The Hall–Kier alpha value is -2.03. The minimum Gasteiger partial charge on any atom is -0.370 e. The fourth-order valence-electron chi connectivity index (χ4n) is 2.05. The van der Waals surface area contributed by atoms with Crippen LogP contribution >= 0.6 is 0 Å². The van der Waals surface area contributed by atoms with Crippen LogP contribution in [0.1, 0.15) is 25.8 Å². The van der Waals surface area contributed by atoms with Crippen molar-refractivity contribution in [3.05, 3.63) is 48.0 Å². The second-order valence-electron chi connectivity index (χ2n) is 4.47. The molecule has 0 aliphatic rings. The van der Waals surface area contributed by atoms with Gasteiger partial charge in [-0.3, -0.25) is 0 Å². The molecule has 2 aromatic rings. The van der Waals surface area contributed by atoms with Crippen molar-refractivity contribution in [3.63, 3.8) is 0 Å². The van der Waals surface area contributed by atoms with Crippen molar-refractivity contribution in [2.45, 2.75) is 26.7 Å². The Morgan fingerprint density at radius 1 is 0.947 bits per heavy atom. The van der Waals surface area contributed by atoms with E-state index in [0.717, 1.165) is 36.7 Å². The van der Waals surface area contributed by atoms with Crippen LogP contribution in [0.15, 0.2) is 42.5 Å². The van der Waals surface area contributed by atoms with Gasteiger partial charge in [-0.05, 0) is 37.1 Å². The Morgan fingerprint density at radius 2 is 1.74 bits per heavy atom. The molecule has 0 saturated heterocycles. The molecule has 0 amide bonds. The van der Waals surface area contributed by atoms with Crippen molar-refractivity contribution in [1.29, 1.82) is 0 Å². The molecule has 3 nitrogen and oxygen atoms in total. The first-order valence-corrected chi connectivity index (χ1v) is 6.89. The van der Waals surface area contributed by atoms with E-state index < -0.39 is 0 Å². The largest absolute Gasteiger partial charge is 0.370 e. The minimum atomic E-state index is 0.877. The lowest BCUT2D eigenvalue weighted by molar-refractivity contribution is 0.923. The van der Waals surface area contributed by atoms with Crippen LogP contribution in [-0.4, -0.2) is 11.5 Å². The zero-order valence-electron chi connectivity index (χ0n) is 11.6. The molecule has 1 aromatic carbocycles. The van der Waals surface area contributed by atoms with E-state index in [1.54, 1.807) is 0 Å². The second-order valence-corrected chi connectivity index (χ2v) is 4.47. The van der Waals surface area contributed by atoms with Gasteiger partial charge in [0, 0.05) is 12.2 Å². The number of rotatable bonds is 6. The topological polar surface area (TPSA) is 37.0 Å². The van der Waals surface area contributed by atoms with Crippen molar-refractivity contribution < 1.29 is 0 Å². The number of benzene rings is 1. The summed E-state index contributed by atoms with van der Waals surface area (Å²) in [4.78, 5) is 4.54. The predicted molar refractivity (Wildman–Crippen MR) is 82.1 cm³/mol. The van der Waals surface area contributed by atoms with Crippen LogP contribution in [0.2, 0.25) is 0 Å². The standard InChI is InChI=1S/C16H21N3/c1-3-8-13-9-5-6-10-14(13)18-16-12-7-11-15(19-16)17-4-2/h5-7,9-12H,3-4,8H2,1-2H3,(H2,17,18,19). The molecule has 0 spiro atoms. The first-order chi connectivity index (χ1) is 9.33. The van der Waals surface area contributed by atoms with Gasteiger partial charge in [0.25, 0.3) is 0 Å². The molecular weight excluding hydrogens is 234 g/mol. The number of hydrogen-bond donors (Lipinski definition) is 2. The third kappa shape index (κ3) is 3.71. The Bertz CT molecular complexity index is 523. The van der Waals surface area contributed by atoms with E-state index >= 15 is 0 Å². The van der Waals surface area contributed by atoms with E-state index in [0.29, 0.717) is 0 Å². The van der Waals surface area contributed by atoms with E-state index in [1.807, 2.05) is 18.2 Å². The summed E-state index contributed by atoms with van der Waals surface area (Å²) in [6.45, 7) is 5.14. The SMILES string of the molecule is CCCc1ccccc1Nc1cccc(NCC)n1. The third-order valence-corrected chi connectivity index (χ3v) is 2.91. The van der Waals surface area contributed by atoms with Gasteiger partial charge in [0.2, 0.25) is 0 Å². The van der Waals surface area contributed by atoms with Crippen LogP contribution in [-0.2, 0) is 6.42 Å². The maximum absolute atomic E-state index is 4.54. The average Bonchev–Trinajstić information content (AvgIpc) is 2.42. The van der Waals surface area contributed by atoms with Gasteiger partial charge in [0.1, 0.15) is 11.6 Å². The van der Waals surface area contributed by atoms with Gasteiger partial charge in [-0.2, -0.15) is 0 Å². The highest BCUT2D eigenvalue weighted by atomic mass is 15.1. The van der Waals surface area contributed by atoms with Gasteiger partial charge in [0.15, 0.2) is 0 Å². The normalized spacial score (nSPS) is 10.2. The van der Waals surface area contributed by atoms with Crippen molar-refractivity contribution in [2.75, 3.05) is 17.2 Å². The van der Waals surface area contributed by atoms with Gasteiger partial charge in [-0.25, -0.2) is 4.98 Å². The number of hydrogen-bond acceptors (Lipinski definition) is 3. The van der Waals surface area contributed by atoms with E-state index in [1.165, 1.54) is 5.56 Å². The van der Waals surface area contributed by atoms with Crippen LogP contribution in [0.3, 0.4) is 0 Å². The van der Waals surface area contributed by atoms with E-state index in [-0.39, 0.29) is 0 Å². The Kier molecular flexibility index (Phi) is 4.78. The molecule has 0 saturated carbocycles. The number of aryl methyl sites for hydroxylation is 1. The van der Waals surface area contributed by atoms with Crippen molar-refractivity contribution >= 4 is 17.3 Å². The molecule has 1 heterocycles. The molecular formula is C16H21N3. The molecule has 3 heteroatoms. The second kappa shape index (κ2) is 6.78. The summed E-state index contributed by atoms with van der Waals surface area (Å²) >= 11 is 0. The summed E-state index contributed by atoms with van der Waals surface area (Å²) in [5, 5.41) is 6.63. The number of aromatic nitrogens is 1. The van der Waals surface area contributed by atoms with E-state index in [9.17, 15) is 0 Å².